The average Bonchev–Trinajstić information content (AvgIpc) is 2.48. The van der Waals surface area contributed by atoms with Gasteiger partial charge in [-0.3, -0.25) is 4.79 Å². The Hall–Kier alpha value is -1.81. The maximum Gasteiger partial charge on any atom is 0.287 e. The molecule has 1 N–H and O–H groups in total. The molecule has 4 nitrogen and oxygen atoms in total. The van der Waals surface area contributed by atoms with Gasteiger partial charge >= 0.3 is 0 Å². The van der Waals surface area contributed by atoms with Crippen molar-refractivity contribution in [3.8, 4) is 0 Å². The minimum Gasteiger partial charge on any atom is -0.379 e. The summed E-state index contributed by atoms with van der Waals surface area (Å²) in [6.07, 6.45) is 4.64. The zero-order valence-corrected chi connectivity index (χ0v) is 12.0. The van der Waals surface area contributed by atoms with Gasteiger partial charge in [-0.2, -0.15) is 5.10 Å². The number of anilines is 1. The van der Waals surface area contributed by atoms with Crippen LogP contribution >= 0.6 is 11.6 Å². The van der Waals surface area contributed by atoms with E-state index in [-0.39, 0.29) is 16.6 Å². The van der Waals surface area contributed by atoms with Gasteiger partial charge in [0.05, 0.1) is 11.9 Å². The molecule has 2 aromatic rings. The molecule has 0 amide bonds. The number of nitrogens with zero attached hydrogens (tertiary/aromatic N) is 2. The van der Waals surface area contributed by atoms with E-state index in [0.717, 1.165) is 19.3 Å². The van der Waals surface area contributed by atoms with Crippen LogP contribution in [-0.2, 0) is 19.9 Å². The maximum absolute atomic E-state index is 11.8. The zero-order chi connectivity index (χ0) is 14.1. The monoisotopic (exact) mass is 289 g/mol. The van der Waals surface area contributed by atoms with Crippen molar-refractivity contribution < 1.29 is 0 Å². The van der Waals surface area contributed by atoms with Gasteiger partial charge in [-0.05, 0) is 30.4 Å². The molecule has 1 aromatic heterocycles. The van der Waals surface area contributed by atoms with Crippen molar-refractivity contribution >= 4 is 17.3 Å². The van der Waals surface area contributed by atoms with Crippen LogP contribution in [0.4, 0.5) is 5.69 Å². The van der Waals surface area contributed by atoms with Gasteiger partial charge in [0.2, 0.25) is 0 Å². The van der Waals surface area contributed by atoms with E-state index in [1.165, 1.54) is 15.8 Å². The van der Waals surface area contributed by atoms with Gasteiger partial charge in [0, 0.05) is 13.1 Å². The number of hydrogen-bond acceptors (Lipinski definition) is 3. The van der Waals surface area contributed by atoms with E-state index in [1.807, 2.05) is 0 Å². The second-order valence-corrected chi connectivity index (χ2v) is 5.53. The van der Waals surface area contributed by atoms with Crippen LogP contribution in [0.5, 0.6) is 0 Å². The summed E-state index contributed by atoms with van der Waals surface area (Å²) in [6.45, 7) is 0. The lowest BCUT2D eigenvalue weighted by Crippen LogP contribution is -2.29. The largest absolute Gasteiger partial charge is 0.379 e. The van der Waals surface area contributed by atoms with E-state index in [1.54, 1.807) is 13.2 Å². The molecule has 1 heterocycles. The maximum atomic E-state index is 11.8. The Morgan fingerprint density at radius 3 is 2.90 bits per heavy atom. The van der Waals surface area contributed by atoms with Gasteiger partial charge in [0.15, 0.2) is 0 Å². The van der Waals surface area contributed by atoms with Gasteiger partial charge in [0.1, 0.15) is 5.02 Å². The van der Waals surface area contributed by atoms with E-state index in [9.17, 15) is 4.79 Å². The highest BCUT2D eigenvalue weighted by Gasteiger charge is 2.19. The highest BCUT2D eigenvalue weighted by atomic mass is 35.5. The predicted octanol–water partition coefficient (Wildman–Crippen LogP) is 2.40. The number of halogens is 1. The second kappa shape index (κ2) is 5.29. The lowest BCUT2D eigenvalue weighted by molar-refractivity contribution is 0.608. The van der Waals surface area contributed by atoms with Crippen molar-refractivity contribution in [1.82, 2.24) is 9.78 Å². The smallest absolute Gasteiger partial charge is 0.287 e. The Labute approximate surface area is 122 Å². The molecular formula is C15H16ClN3O. The summed E-state index contributed by atoms with van der Waals surface area (Å²) >= 11 is 6.08. The number of fused-ring (bicyclic) bond motifs is 1. The molecule has 1 aromatic carbocycles. The molecule has 3 rings (SSSR count). The molecule has 104 valence electrons. The molecule has 0 fully saturated rings. The highest BCUT2D eigenvalue weighted by molar-refractivity contribution is 6.32. The normalized spacial score (nSPS) is 17.6. The third-order valence-electron chi connectivity index (χ3n) is 3.78. The van der Waals surface area contributed by atoms with Crippen LogP contribution in [0.25, 0.3) is 0 Å². The summed E-state index contributed by atoms with van der Waals surface area (Å²) < 4.78 is 1.24. The fourth-order valence-corrected chi connectivity index (χ4v) is 2.88. The molecule has 0 saturated carbocycles. The van der Waals surface area contributed by atoms with Crippen LogP contribution in [-0.4, -0.2) is 15.8 Å². The van der Waals surface area contributed by atoms with Crippen molar-refractivity contribution in [3.63, 3.8) is 0 Å². The third-order valence-corrected chi connectivity index (χ3v) is 4.15. The number of hydrogen-bond donors (Lipinski definition) is 1. The van der Waals surface area contributed by atoms with E-state index in [4.69, 9.17) is 11.6 Å². The first-order valence-corrected chi connectivity index (χ1v) is 7.08. The van der Waals surface area contributed by atoms with E-state index in [0.29, 0.717) is 5.69 Å². The molecule has 0 aliphatic heterocycles. The molecule has 0 radical (unpaired) electrons. The summed E-state index contributed by atoms with van der Waals surface area (Å²) in [5, 5.41) is 7.57. The molecule has 0 bridgehead atoms. The molecular weight excluding hydrogens is 274 g/mol. The first-order valence-electron chi connectivity index (χ1n) is 6.70. The summed E-state index contributed by atoms with van der Waals surface area (Å²) in [5.41, 5.74) is 3.13. The van der Waals surface area contributed by atoms with Crippen LogP contribution in [0.2, 0.25) is 5.02 Å². The lowest BCUT2D eigenvalue weighted by atomic mass is 9.88. The summed E-state index contributed by atoms with van der Waals surface area (Å²) in [6, 6.07) is 8.77. The van der Waals surface area contributed by atoms with Crippen molar-refractivity contribution in [1.29, 1.82) is 0 Å². The predicted molar refractivity (Wildman–Crippen MR) is 80.4 cm³/mol. The zero-order valence-electron chi connectivity index (χ0n) is 11.3. The quantitative estimate of drug-likeness (QED) is 0.923. The Bertz CT molecular complexity index is 696. The van der Waals surface area contributed by atoms with Crippen molar-refractivity contribution in [2.45, 2.75) is 25.3 Å². The van der Waals surface area contributed by atoms with Crippen molar-refractivity contribution in [2.75, 3.05) is 5.32 Å². The topological polar surface area (TPSA) is 46.9 Å². The minimum atomic E-state index is -0.270. The van der Waals surface area contributed by atoms with Gasteiger partial charge in [0.25, 0.3) is 5.56 Å². The standard InChI is InChI=1S/C15H16ClN3O/c1-19-15(20)14(16)13(9-17-19)18-12-7-6-10-4-2-3-5-11(10)8-12/h2-5,9,12,18H,6-8H2,1H3/t12-/m1/s1. The molecule has 20 heavy (non-hydrogen) atoms. The van der Waals surface area contributed by atoms with Crippen LogP contribution in [0.1, 0.15) is 17.5 Å². The molecule has 1 aliphatic rings. The second-order valence-electron chi connectivity index (χ2n) is 5.15. The summed E-state index contributed by atoms with van der Waals surface area (Å²) in [4.78, 5) is 11.8. The number of rotatable bonds is 2. The van der Waals surface area contributed by atoms with Gasteiger partial charge in [-0.1, -0.05) is 35.9 Å². The lowest BCUT2D eigenvalue weighted by Gasteiger charge is -2.26. The van der Waals surface area contributed by atoms with Gasteiger partial charge in [-0.15, -0.1) is 0 Å². The van der Waals surface area contributed by atoms with Crippen LogP contribution in [0, 0.1) is 0 Å². The van der Waals surface area contributed by atoms with E-state index in [2.05, 4.69) is 34.7 Å². The van der Waals surface area contributed by atoms with Gasteiger partial charge in [-0.25, -0.2) is 4.68 Å². The van der Waals surface area contributed by atoms with Crippen LogP contribution in [0.3, 0.4) is 0 Å². The molecule has 1 atom stereocenters. The number of aromatic nitrogens is 2. The summed E-state index contributed by atoms with van der Waals surface area (Å²) in [7, 11) is 1.59. The van der Waals surface area contributed by atoms with E-state index < -0.39 is 0 Å². The average molecular weight is 290 g/mol. The number of benzene rings is 1. The first kappa shape index (κ1) is 13.2. The third kappa shape index (κ3) is 2.43. The highest BCUT2D eigenvalue weighted by Crippen LogP contribution is 2.25. The van der Waals surface area contributed by atoms with Crippen molar-refractivity contribution in [2.24, 2.45) is 7.05 Å². The minimum absolute atomic E-state index is 0.210. The van der Waals surface area contributed by atoms with Gasteiger partial charge < -0.3 is 5.32 Å². The van der Waals surface area contributed by atoms with Crippen molar-refractivity contribution in [3.05, 3.63) is 57.0 Å². The van der Waals surface area contributed by atoms with Crippen LogP contribution in [0.15, 0.2) is 35.3 Å². The molecule has 1 aliphatic carbocycles. The Kier molecular flexibility index (Phi) is 3.49. The fraction of sp³-hybridized carbons (Fsp3) is 0.333. The van der Waals surface area contributed by atoms with Crippen LogP contribution < -0.4 is 10.9 Å². The molecule has 0 saturated heterocycles. The Morgan fingerprint density at radius 2 is 2.10 bits per heavy atom. The first-order chi connectivity index (χ1) is 9.65. The molecule has 0 spiro atoms. The molecule has 0 unspecified atom stereocenters. The fourth-order valence-electron chi connectivity index (χ4n) is 2.65. The molecule has 5 heteroatoms. The summed E-state index contributed by atoms with van der Waals surface area (Å²) in [5.74, 6) is 0. The Balaban J connectivity index is 1.81. The number of nitrogens with one attached hydrogen (secondary N) is 1. The SMILES string of the molecule is Cn1ncc(N[C@@H]2CCc3ccccc3C2)c(Cl)c1=O. The Morgan fingerprint density at radius 1 is 1.35 bits per heavy atom. The number of aryl methyl sites for hydroxylation is 2. The van der Waals surface area contributed by atoms with E-state index >= 15 is 0 Å².